The maximum Gasteiger partial charge on any atom is -0.000719 e. The molecule has 0 saturated heterocycles. The van der Waals surface area contributed by atoms with E-state index in [0.29, 0.717) is 0 Å². The summed E-state index contributed by atoms with van der Waals surface area (Å²) in [7, 11) is 0. The van der Waals surface area contributed by atoms with Crippen LogP contribution in [0.2, 0.25) is 0 Å². The molecule has 0 nitrogen and oxygen atoms in total. The van der Waals surface area contributed by atoms with Gasteiger partial charge in [0, 0.05) is 0 Å². The van der Waals surface area contributed by atoms with E-state index < -0.39 is 0 Å². The summed E-state index contributed by atoms with van der Waals surface area (Å²) in [4.78, 5) is 0. The Labute approximate surface area is 141 Å². The van der Waals surface area contributed by atoms with Crippen molar-refractivity contribution in [3.05, 3.63) is 70.8 Å². The lowest BCUT2D eigenvalue weighted by molar-refractivity contribution is 1.26. The number of aryl methyl sites for hydroxylation is 2. The molecular formula is C23H28. The van der Waals surface area contributed by atoms with Crippen molar-refractivity contribution in [3.8, 4) is 11.1 Å². The SMILES string of the molecule is CC.CC.Cc1ccc2c(c1)Cc1c-2ccc2cc(C)ccc12. The predicted octanol–water partition coefficient (Wildman–Crippen LogP) is 7.08. The lowest BCUT2D eigenvalue weighted by Gasteiger charge is -2.06. The molecule has 0 radical (unpaired) electrons. The highest BCUT2D eigenvalue weighted by atomic mass is 14.2. The number of hydrogen-bond acceptors (Lipinski definition) is 0. The number of fused-ring (bicyclic) bond motifs is 5. The number of hydrogen-bond donors (Lipinski definition) is 0. The van der Waals surface area contributed by atoms with E-state index in [1.807, 2.05) is 27.7 Å². The van der Waals surface area contributed by atoms with E-state index in [9.17, 15) is 0 Å². The molecule has 0 aliphatic heterocycles. The smallest absolute Gasteiger partial charge is 0.000719 e. The molecule has 0 fully saturated rings. The van der Waals surface area contributed by atoms with E-state index in [2.05, 4.69) is 62.4 Å². The van der Waals surface area contributed by atoms with Crippen molar-refractivity contribution in [2.24, 2.45) is 0 Å². The summed E-state index contributed by atoms with van der Waals surface area (Å²) in [5, 5.41) is 2.78. The zero-order valence-electron chi connectivity index (χ0n) is 15.3. The summed E-state index contributed by atoms with van der Waals surface area (Å²) in [6.45, 7) is 12.3. The van der Waals surface area contributed by atoms with Gasteiger partial charge in [-0.2, -0.15) is 0 Å². The zero-order chi connectivity index (χ0) is 17.0. The third-order valence-corrected chi connectivity index (χ3v) is 4.21. The van der Waals surface area contributed by atoms with Crippen molar-refractivity contribution in [3.63, 3.8) is 0 Å². The van der Waals surface area contributed by atoms with Gasteiger partial charge in [0.15, 0.2) is 0 Å². The minimum atomic E-state index is 1.08. The fourth-order valence-electron chi connectivity index (χ4n) is 3.28. The number of benzene rings is 3. The average molecular weight is 304 g/mol. The van der Waals surface area contributed by atoms with Crippen LogP contribution in [0.5, 0.6) is 0 Å². The Balaban J connectivity index is 0.000000448. The summed E-state index contributed by atoms with van der Waals surface area (Å²) in [6.07, 6.45) is 1.08. The molecule has 1 aliphatic rings. The lowest BCUT2D eigenvalue weighted by Crippen LogP contribution is -1.85. The molecule has 0 atom stereocenters. The fraction of sp³-hybridized carbons (Fsp3) is 0.304. The Kier molecular flexibility index (Phi) is 5.60. The highest BCUT2D eigenvalue weighted by molar-refractivity contribution is 5.95. The van der Waals surface area contributed by atoms with E-state index in [4.69, 9.17) is 0 Å². The van der Waals surface area contributed by atoms with E-state index in [0.717, 1.165) is 6.42 Å². The van der Waals surface area contributed by atoms with Gasteiger partial charge >= 0.3 is 0 Å². The Morgan fingerprint density at radius 2 is 1.26 bits per heavy atom. The average Bonchev–Trinajstić information content (AvgIpc) is 2.95. The molecule has 0 unspecified atom stereocenters. The topological polar surface area (TPSA) is 0 Å². The van der Waals surface area contributed by atoms with Crippen LogP contribution < -0.4 is 0 Å². The lowest BCUT2D eigenvalue weighted by atomic mass is 9.98. The molecule has 1 aliphatic carbocycles. The Morgan fingerprint density at radius 3 is 2.00 bits per heavy atom. The molecular weight excluding hydrogens is 276 g/mol. The minimum absolute atomic E-state index is 1.08. The first-order valence-electron chi connectivity index (χ1n) is 8.84. The summed E-state index contributed by atoms with van der Waals surface area (Å²) in [5.41, 5.74) is 8.50. The normalized spacial score (nSPS) is 10.9. The Bertz CT molecular complexity index is 810. The van der Waals surface area contributed by atoms with Crippen molar-refractivity contribution in [1.29, 1.82) is 0 Å². The second-order valence-corrected chi connectivity index (χ2v) is 5.65. The van der Waals surface area contributed by atoms with Crippen LogP contribution in [-0.2, 0) is 6.42 Å². The molecule has 0 amide bonds. The zero-order valence-corrected chi connectivity index (χ0v) is 15.3. The highest BCUT2D eigenvalue weighted by Crippen LogP contribution is 2.40. The fourth-order valence-corrected chi connectivity index (χ4v) is 3.28. The van der Waals surface area contributed by atoms with E-state index in [1.54, 1.807) is 0 Å². The molecule has 4 rings (SSSR count). The maximum absolute atomic E-state index is 2.33. The minimum Gasteiger partial charge on any atom is -0.0683 e. The largest absolute Gasteiger partial charge is 0.0683 e. The summed E-state index contributed by atoms with van der Waals surface area (Å²) < 4.78 is 0. The molecule has 0 heterocycles. The van der Waals surface area contributed by atoms with Crippen LogP contribution >= 0.6 is 0 Å². The van der Waals surface area contributed by atoms with Crippen LogP contribution in [0.1, 0.15) is 49.9 Å². The van der Waals surface area contributed by atoms with Gasteiger partial charge in [0.2, 0.25) is 0 Å². The Hall–Kier alpha value is -2.08. The molecule has 0 spiro atoms. The molecule has 3 aromatic rings. The van der Waals surface area contributed by atoms with Gasteiger partial charge in [0.25, 0.3) is 0 Å². The van der Waals surface area contributed by atoms with E-state index >= 15 is 0 Å². The molecule has 120 valence electrons. The van der Waals surface area contributed by atoms with Crippen LogP contribution in [0.25, 0.3) is 21.9 Å². The first-order chi connectivity index (χ1) is 11.2. The predicted molar refractivity (Wildman–Crippen MR) is 104 cm³/mol. The third-order valence-electron chi connectivity index (χ3n) is 4.21. The van der Waals surface area contributed by atoms with Gasteiger partial charge in [0.1, 0.15) is 0 Å². The second-order valence-electron chi connectivity index (χ2n) is 5.65. The quantitative estimate of drug-likeness (QED) is 0.325. The Morgan fingerprint density at radius 1 is 0.652 bits per heavy atom. The van der Waals surface area contributed by atoms with Crippen molar-refractivity contribution in [2.75, 3.05) is 0 Å². The van der Waals surface area contributed by atoms with Crippen molar-refractivity contribution < 1.29 is 0 Å². The van der Waals surface area contributed by atoms with E-state index in [1.165, 1.54) is 44.2 Å². The summed E-state index contributed by atoms with van der Waals surface area (Å²) in [6, 6.07) is 18.1. The molecule has 0 heteroatoms. The first kappa shape index (κ1) is 17.3. The summed E-state index contributed by atoms with van der Waals surface area (Å²) in [5.74, 6) is 0. The number of rotatable bonds is 0. The molecule has 3 aromatic carbocycles. The van der Waals surface area contributed by atoms with Gasteiger partial charge in [-0.1, -0.05) is 87.4 Å². The van der Waals surface area contributed by atoms with Crippen LogP contribution in [0.15, 0.2) is 48.5 Å². The summed E-state index contributed by atoms with van der Waals surface area (Å²) >= 11 is 0. The standard InChI is InChI=1S/C19H16.2C2H6/c1-12-3-6-16-14(9-12)5-8-18-17-7-4-13(2)10-15(17)11-19(16)18;2*1-2/h3-10H,11H2,1-2H3;2*1-2H3. The maximum atomic E-state index is 2.33. The van der Waals surface area contributed by atoms with Crippen molar-refractivity contribution >= 4 is 10.8 Å². The highest BCUT2D eigenvalue weighted by Gasteiger charge is 2.20. The molecule has 23 heavy (non-hydrogen) atoms. The van der Waals surface area contributed by atoms with Crippen LogP contribution in [0.3, 0.4) is 0 Å². The van der Waals surface area contributed by atoms with Crippen LogP contribution in [-0.4, -0.2) is 0 Å². The van der Waals surface area contributed by atoms with E-state index in [-0.39, 0.29) is 0 Å². The van der Waals surface area contributed by atoms with Gasteiger partial charge < -0.3 is 0 Å². The molecule has 0 aromatic heterocycles. The first-order valence-corrected chi connectivity index (χ1v) is 8.84. The third kappa shape index (κ3) is 3.17. The molecule has 0 N–H and O–H groups in total. The van der Waals surface area contributed by atoms with Gasteiger partial charge in [-0.3, -0.25) is 0 Å². The van der Waals surface area contributed by atoms with Gasteiger partial charge in [-0.25, -0.2) is 0 Å². The van der Waals surface area contributed by atoms with Crippen LogP contribution in [0.4, 0.5) is 0 Å². The second kappa shape index (κ2) is 7.46. The molecule has 0 bridgehead atoms. The van der Waals surface area contributed by atoms with Gasteiger partial charge in [-0.15, -0.1) is 0 Å². The molecule has 0 saturated carbocycles. The monoisotopic (exact) mass is 304 g/mol. The van der Waals surface area contributed by atoms with Crippen molar-refractivity contribution in [2.45, 2.75) is 48.0 Å². The van der Waals surface area contributed by atoms with Crippen LogP contribution in [0, 0.1) is 13.8 Å². The van der Waals surface area contributed by atoms with Gasteiger partial charge in [0.05, 0.1) is 0 Å². The van der Waals surface area contributed by atoms with Crippen molar-refractivity contribution in [1.82, 2.24) is 0 Å². The van der Waals surface area contributed by atoms with Gasteiger partial charge in [-0.05, 0) is 53.3 Å².